The van der Waals surface area contributed by atoms with Crippen LogP contribution in [0.1, 0.15) is 26.7 Å². The molecule has 4 nitrogen and oxygen atoms in total. The molecule has 0 aliphatic carbocycles. The van der Waals surface area contributed by atoms with Gasteiger partial charge in [0.2, 0.25) is 11.7 Å². The molecule has 0 amide bonds. The van der Waals surface area contributed by atoms with Crippen molar-refractivity contribution in [1.29, 1.82) is 0 Å². The fraction of sp³-hybridized carbons (Fsp3) is 0.417. The molecule has 6 heteroatoms. The summed E-state index contributed by atoms with van der Waals surface area (Å²) < 4.78 is 6.09. The van der Waals surface area contributed by atoms with Gasteiger partial charge < -0.3 is 4.52 Å². The molecule has 0 spiro atoms. The van der Waals surface area contributed by atoms with E-state index in [-0.39, 0.29) is 17.6 Å². The number of aromatic nitrogens is 2. The number of carbonyl (C=O) groups excluding carboxylic acids is 1. The van der Waals surface area contributed by atoms with E-state index in [0.717, 1.165) is 9.35 Å². The third kappa shape index (κ3) is 3.05. The first-order chi connectivity index (χ1) is 8.36. The van der Waals surface area contributed by atoms with Crippen LogP contribution in [0.5, 0.6) is 0 Å². The summed E-state index contributed by atoms with van der Waals surface area (Å²) >= 11 is 4.90. The first kappa shape index (κ1) is 13.4. The average molecular weight is 329 g/mol. The Labute approximate surface area is 118 Å². The van der Waals surface area contributed by atoms with Crippen LogP contribution in [-0.2, 0) is 11.2 Å². The molecule has 2 heterocycles. The maximum Gasteiger partial charge on any atom is 0.234 e. The largest absolute Gasteiger partial charge is 0.338 e. The Morgan fingerprint density at radius 1 is 1.50 bits per heavy atom. The first-order valence-corrected chi connectivity index (χ1v) is 7.14. The van der Waals surface area contributed by atoms with Crippen molar-refractivity contribution in [3.63, 3.8) is 0 Å². The molecule has 0 radical (unpaired) electrons. The van der Waals surface area contributed by atoms with Gasteiger partial charge in [0.1, 0.15) is 5.78 Å². The van der Waals surface area contributed by atoms with Crippen molar-refractivity contribution in [3.8, 4) is 10.7 Å². The van der Waals surface area contributed by atoms with E-state index < -0.39 is 0 Å². The summed E-state index contributed by atoms with van der Waals surface area (Å²) in [5.74, 6) is 0.988. The van der Waals surface area contributed by atoms with Gasteiger partial charge in [-0.05, 0) is 22.0 Å². The predicted octanol–water partition coefficient (Wildman–Crippen LogP) is 3.72. The van der Waals surface area contributed by atoms with Crippen molar-refractivity contribution in [3.05, 3.63) is 21.8 Å². The average Bonchev–Trinajstić information content (AvgIpc) is 2.85. The van der Waals surface area contributed by atoms with Crippen LogP contribution in [0.2, 0.25) is 0 Å². The molecule has 0 aliphatic rings. The van der Waals surface area contributed by atoms with Crippen LogP contribution in [0.15, 0.2) is 20.4 Å². The monoisotopic (exact) mass is 328 g/mol. The summed E-state index contributed by atoms with van der Waals surface area (Å²) in [6.45, 7) is 5.63. The SMILES string of the molecule is CC(C)(C)C(=O)Cc1nc(-c2cc(Br)cs2)no1. The number of nitrogens with zero attached hydrogens (tertiary/aromatic N) is 2. The molecule has 0 atom stereocenters. The van der Waals surface area contributed by atoms with Gasteiger partial charge in [-0.3, -0.25) is 4.79 Å². The van der Waals surface area contributed by atoms with Gasteiger partial charge in [-0.1, -0.05) is 25.9 Å². The van der Waals surface area contributed by atoms with E-state index in [2.05, 4.69) is 26.1 Å². The molecule has 0 fully saturated rings. The summed E-state index contributed by atoms with van der Waals surface area (Å²) in [7, 11) is 0. The summed E-state index contributed by atoms with van der Waals surface area (Å²) in [6, 6.07) is 1.92. The van der Waals surface area contributed by atoms with Gasteiger partial charge >= 0.3 is 0 Å². The van der Waals surface area contributed by atoms with Gasteiger partial charge in [0.15, 0.2) is 0 Å². The Kier molecular flexibility index (Phi) is 3.68. The van der Waals surface area contributed by atoms with E-state index >= 15 is 0 Å². The van der Waals surface area contributed by atoms with Gasteiger partial charge in [0.05, 0.1) is 11.3 Å². The molecular weight excluding hydrogens is 316 g/mol. The molecule has 0 unspecified atom stereocenters. The van der Waals surface area contributed by atoms with Gasteiger partial charge in [0, 0.05) is 15.3 Å². The van der Waals surface area contributed by atoms with Crippen LogP contribution in [0.25, 0.3) is 10.7 Å². The molecule has 2 rings (SSSR count). The highest BCUT2D eigenvalue weighted by molar-refractivity contribution is 9.10. The lowest BCUT2D eigenvalue weighted by atomic mass is 9.89. The van der Waals surface area contributed by atoms with E-state index in [9.17, 15) is 4.79 Å². The Morgan fingerprint density at radius 2 is 2.22 bits per heavy atom. The molecule has 0 saturated heterocycles. The highest BCUT2D eigenvalue weighted by Gasteiger charge is 2.24. The molecule has 2 aromatic heterocycles. The van der Waals surface area contributed by atoms with Gasteiger partial charge in [0.25, 0.3) is 0 Å². The topological polar surface area (TPSA) is 56.0 Å². The van der Waals surface area contributed by atoms with Crippen molar-refractivity contribution in [1.82, 2.24) is 10.1 Å². The minimum Gasteiger partial charge on any atom is -0.338 e. The highest BCUT2D eigenvalue weighted by atomic mass is 79.9. The third-order valence-electron chi connectivity index (χ3n) is 2.40. The Balaban J connectivity index is 2.14. The van der Waals surface area contributed by atoms with Crippen LogP contribution in [0.3, 0.4) is 0 Å². The molecule has 0 N–H and O–H groups in total. The number of halogens is 1. The minimum atomic E-state index is -0.388. The molecule has 2 aromatic rings. The fourth-order valence-electron chi connectivity index (χ4n) is 1.26. The first-order valence-electron chi connectivity index (χ1n) is 5.46. The third-order valence-corrected chi connectivity index (χ3v) is 4.09. The summed E-state index contributed by atoms with van der Waals surface area (Å²) in [6.07, 6.45) is 0.184. The maximum atomic E-state index is 11.9. The molecule has 0 bridgehead atoms. The van der Waals surface area contributed by atoms with Crippen LogP contribution < -0.4 is 0 Å². The lowest BCUT2D eigenvalue weighted by molar-refractivity contribution is -0.125. The van der Waals surface area contributed by atoms with Crippen molar-refractivity contribution in [2.24, 2.45) is 5.41 Å². The van der Waals surface area contributed by atoms with Crippen LogP contribution in [-0.4, -0.2) is 15.9 Å². The molecule has 18 heavy (non-hydrogen) atoms. The van der Waals surface area contributed by atoms with E-state index in [0.29, 0.717) is 11.7 Å². The molecule has 96 valence electrons. The second kappa shape index (κ2) is 4.93. The standard InChI is InChI=1S/C12H13BrN2O2S/c1-12(2,3)9(16)5-10-14-11(15-17-10)8-4-7(13)6-18-8/h4,6H,5H2,1-3H3. The van der Waals surface area contributed by atoms with Crippen molar-refractivity contribution < 1.29 is 9.32 Å². The van der Waals surface area contributed by atoms with Crippen molar-refractivity contribution in [2.75, 3.05) is 0 Å². The molecule has 0 saturated carbocycles. The molecule has 0 aliphatic heterocycles. The zero-order valence-electron chi connectivity index (χ0n) is 10.4. The van der Waals surface area contributed by atoms with Crippen molar-refractivity contribution in [2.45, 2.75) is 27.2 Å². The zero-order chi connectivity index (χ0) is 13.3. The fourth-order valence-corrected chi connectivity index (χ4v) is 2.61. The number of thiophene rings is 1. The van der Waals surface area contributed by atoms with E-state index in [4.69, 9.17) is 4.52 Å². The normalized spacial score (nSPS) is 11.8. The van der Waals surface area contributed by atoms with Crippen LogP contribution in [0.4, 0.5) is 0 Å². The smallest absolute Gasteiger partial charge is 0.234 e. The quantitative estimate of drug-likeness (QED) is 0.861. The number of ketones is 1. The Hall–Kier alpha value is -1.01. The predicted molar refractivity (Wildman–Crippen MR) is 73.5 cm³/mol. The molecule has 0 aromatic carbocycles. The van der Waals surface area contributed by atoms with E-state index in [1.807, 2.05) is 32.2 Å². The van der Waals surface area contributed by atoms with Crippen LogP contribution >= 0.6 is 27.3 Å². The van der Waals surface area contributed by atoms with Crippen LogP contribution in [0, 0.1) is 5.41 Å². The number of hydrogen-bond acceptors (Lipinski definition) is 5. The van der Waals surface area contributed by atoms with E-state index in [1.165, 1.54) is 11.3 Å². The highest BCUT2D eigenvalue weighted by Crippen LogP contribution is 2.28. The number of rotatable bonds is 3. The lowest BCUT2D eigenvalue weighted by Crippen LogP contribution is -2.22. The van der Waals surface area contributed by atoms with Gasteiger partial charge in [-0.15, -0.1) is 11.3 Å². The summed E-state index contributed by atoms with van der Waals surface area (Å²) in [4.78, 5) is 17.0. The summed E-state index contributed by atoms with van der Waals surface area (Å²) in [5.41, 5.74) is -0.388. The lowest BCUT2D eigenvalue weighted by Gasteiger charge is -2.14. The second-order valence-electron chi connectivity index (χ2n) is 4.99. The molecular formula is C12H13BrN2O2S. The van der Waals surface area contributed by atoms with Gasteiger partial charge in [-0.2, -0.15) is 4.98 Å². The maximum absolute atomic E-state index is 11.9. The summed E-state index contributed by atoms with van der Waals surface area (Å²) in [5, 5.41) is 5.84. The Morgan fingerprint density at radius 3 is 2.78 bits per heavy atom. The minimum absolute atomic E-state index is 0.0880. The van der Waals surface area contributed by atoms with E-state index in [1.54, 1.807) is 0 Å². The number of Topliss-reactive ketones (excluding diaryl/α,β-unsaturated/α-hetero) is 1. The van der Waals surface area contributed by atoms with Crippen molar-refractivity contribution >= 4 is 33.0 Å². The zero-order valence-corrected chi connectivity index (χ0v) is 12.8. The number of carbonyl (C=O) groups is 1. The second-order valence-corrected chi connectivity index (χ2v) is 6.82. The van der Waals surface area contributed by atoms with Gasteiger partial charge in [-0.25, -0.2) is 0 Å². The number of hydrogen-bond donors (Lipinski definition) is 0. The Bertz CT molecular complexity index is 569.